The number of benzene rings is 3. The van der Waals surface area contributed by atoms with Gasteiger partial charge in [-0.2, -0.15) is 0 Å². The molecule has 3 rings (SSSR count). The van der Waals surface area contributed by atoms with Crippen molar-refractivity contribution in [2.24, 2.45) is 0 Å². The van der Waals surface area contributed by atoms with Crippen LogP contribution in [0.3, 0.4) is 0 Å². The first kappa shape index (κ1) is 22.4. The van der Waals surface area contributed by atoms with Gasteiger partial charge in [0.1, 0.15) is 17.2 Å². The Morgan fingerprint density at radius 1 is 0.839 bits per heavy atom. The Labute approximate surface area is 182 Å². The number of hydrogen-bond donors (Lipinski definition) is 1. The summed E-state index contributed by atoms with van der Waals surface area (Å²) >= 11 is 0. The van der Waals surface area contributed by atoms with Gasteiger partial charge in [0.15, 0.2) is 16.4 Å². The summed E-state index contributed by atoms with van der Waals surface area (Å²) in [6.07, 6.45) is 0.327. The smallest absolute Gasteiger partial charge is 0.257 e. The molecule has 0 unspecified atom stereocenters. The van der Waals surface area contributed by atoms with Crippen LogP contribution in [0.4, 0.5) is 0 Å². The van der Waals surface area contributed by atoms with Crippen LogP contribution >= 0.6 is 0 Å². The van der Waals surface area contributed by atoms with Gasteiger partial charge in [-0.3, -0.25) is 4.79 Å². The molecule has 1 N–H and O–H groups in total. The number of hydrogen-bond acceptors (Lipinski definition) is 5. The Kier molecular flexibility index (Phi) is 7.67. The zero-order chi connectivity index (χ0) is 22.1. The van der Waals surface area contributed by atoms with Crippen LogP contribution in [0.5, 0.6) is 17.2 Å². The number of ether oxygens (including phenoxy) is 2. The van der Waals surface area contributed by atoms with Gasteiger partial charge in [0.05, 0.1) is 10.6 Å². The van der Waals surface area contributed by atoms with Crippen LogP contribution in [0.15, 0.2) is 83.8 Å². The summed E-state index contributed by atoms with van der Waals surface area (Å²) in [4.78, 5) is 12.2. The minimum atomic E-state index is -3.34. The Balaban J connectivity index is 1.37. The number of rotatable bonds is 10. The Bertz CT molecular complexity index is 1080. The largest absolute Gasteiger partial charge is 0.484 e. The summed E-state index contributed by atoms with van der Waals surface area (Å²) in [5.41, 5.74) is 1.16. The van der Waals surface area contributed by atoms with E-state index < -0.39 is 9.84 Å². The van der Waals surface area contributed by atoms with Crippen LogP contribution in [0, 0.1) is 6.92 Å². The molecule has 1 amide bonds. The number of aryl methyl sites for hydroxylation is 1. The molecule has 31 heavy (non-hydrogen) atoms. The maximum atomic E-state index is 12.2. The third-order valence-electron chi connectivity index (χ3n) is 4.46. The maximum Gasteiger partial charge on any atom is 0.257 e. The van der Waals surface area contributed by atoms with Crippen molar-refractivity contribution in [1.82, 2.24) is 5.32 Å². The molecule has 0 aliphatic heterocycles. The van der Waals surface area contributed by atoms with Crippen molar-refractivity contribution in [2.75, 3.05) is 18.9 Å². The molecule has 0 bridgehead atoms. The van der Waals surface area contributed by atoms with Gasteiger partial charge in [-0.05, 0) is 61.9 Å². The van der Waals surface area contributed by atoms with Gasteiger partial charge in [0.25, 0.3) is 5.91 Å². The van der Waals surface area contributed by atoms with E-state index in [0.717, 1.165) is 11.3 Å². The molecule has 0 atom stereocenters. The molecule has 6 nitrogen and oxygen atoms in total. The number of sulfone groups is 1. The summed E-state index contributed by atoms with van der Waals surface area (Å²) in [5.74, 6) is 1.61. The van der Waals surface area contributed by atoms with Crippen LogP contribution in [0.2, 0.25) is 0 Å². The van der Waals surface area contributed by atoms with E-state index in [1.165, 1.54) is 0 Å². The van der Waals surface area contributed by atoms with E-state index in [2.05, 4.69) is 5.32 Å². The molecule has 0 spiro atoms. The van der Waals surface area contributed by atoms with Crippen LogP contribution in [0.1, 0.15) is 12.0 Å². The highest BCUT2D eigenvalue weighted by Crippen LogP contribution is 2.24. The van der Waals surface area contributed by atoms with Gasteiger partial charge in [0.2, 0.25) is 0 Å². The SMILES string of the molecule is Cc1ccc(Oc2ccc(OCC(=O)NCCCS(=O)(=O)c3ccccc3)cc2)cc1. The fourth-order valence-corrected chi connectivity index (χ4v) is 4.11. The summed E-state index contributed by atoms with van der Waals surface area (Å²) < 4.78 is 35.6. The lowest BCUT2D eigenvalue weighted by Crippen LogP contribution is -2.30. The highest BCUT2D eigenvalue weighted by atomic mass is 32.2. The van der Waals surface area contributed by atoms with E-state index in [-0.39, 0.29) is 24.8 Å². The molecule has 3 aromatic carbocycles. The normalized spacial score (nSPS) is 11.0. The van der Waals surface area contributed by atoms with E-state index in [9.17, 15) is 13.2 Å². The molecule has 0 aliphatic carbocycles. The van der Waals surface area contributed by atoms with Gasteiger partial charge < -0.3 is 14.8 Å². The van der Waals surface area contributed by atoms with Crippen molar-refractivity contribution >= 4 is 15.7 Å². The Morgan fingerprint density at radius 2 is 1.42 bits per heavy atom. The Morgan fingerprint density at radius 3 is 2.06 bits per heavy atom. The summed E-state index contributed by atoms with van der Waals surface area (Å²) in [5, 5.41) is 2.67. The number of amides is 1. The summed E-state index contributed by atoms with van der Waals surface area (Å²) in [7, 11) is -3.34. The zero-order valence-electron chi connectivity index (χ0n) is 17.3. The van der Waals surface area contributed by atoms with Crippen molar-refractivity contribution in [3.05, 3.63) is 84.4 Å². The van der Waals surface area contributed by atoms with E-state index in [4.69, 9.17) is 9.47 Å². The fourth-order valence-electron chi connectivity index (χ4n) is 2.78. The van der Waals surface area contributed by atoms with Gasteiger partial charge in [-0.25, -0.2) is 8.42 Å². The molecule has 0 saturated carbocycles. The standard InChI is InChI=1S/C24H25NO5S/c1-19-8-10-21(11-9-19)30-22-14-12-20(13-15-22)29-18-24(26)25-16-5-17-31(27,28)23-6-3-2-4-7-23/h2-4,6-15H,5,16-18H2,1H3,(H,25,26). The first-order valence-electron chi connectivity index (χ1n) is 9.94. The van der Waals surface area contributed by atoms with Gasteiger partial charge in [-0.1, -0.05) is 35.9 Å². The van der Waals surface area contributed by atoms with E-state index >= 15 is 0 Å². The van der Waals surface area contributed by atoms with Crippen LogP contribution in [-0.2, 0) is 14.6 Å². The van der Waals surface area contributed by atoms with Crippen LogP contribution in [-0.4, -0.2) is 33.2 Å². The molecular formula is C24H25NO5S. The lowest BCUT2D eigenvalue weighted by molar-refractivity contribution is -0.123. The molecule has 3 aromatic rings. The van der Waals surface area contributed by atoms with Crippen molar-refractivity contribution in [3.63, 3.8) is 0 Å². The molecule has 162 valence electrons. The zero-order valence-corrected chi connectivity index (χ0v) is 18.1. The van der Waals surface area contributed by atoms with Gasteiger partial charge in [0, 0.05) is 6.54 Å². The van der Waals surface area contributed by atoms with Crippen molar-refractivity contribution in [2.45, 2.75) is 18.2 Å². The van der Waals surface area contributed by atoms with Crippen LogP contribution in [0.25, 0.3) is 0 Å². The lowest BCUT2D eigenvalue weighted by Gasteiger charge is -2.09. The van der Waals surface area contributed by atoms with Crippen LogP contribution < -0.4 is 14.8 Å². The van der Waals surface area contributed by atoms with E-state index in [1.54, 1.807) is 54.6 Å². The predicted molar refractivity (Wildman–Crippen MR) is 119 cm³/mol. The topological polar surface area (TPSA) is 81.7 Å². The van der Waals surface area contributed by atoms with E-state index in [1.807, 2.05) is 31.2 Å². The summed E-state index contributed by atoms with van der Waals surface area (Å²) in [6, 6.07) is 23.0. The fraction of sp³-hybridized carbons (Fsp3) is 0.208. The number of carbonyl (C=O) groups is 1. The monoisotopic (exact) mass is 439 g/mol. The maximum absolute atomic E-state index is 12.2. The molecule has 0 aliphatic rings. The van der Waals surface area contributed by atoms with Crippen molar-refractivity contribution in [3.8, 4) is 17.2 Å². The van der Waals surface area contributed by atoms with Crippen molar-refractivity contribution < 1.29 is 22.7 Å². The lowest BCUT2D eigenvalue weighted by atomic mass is 10.2. The average molecular weight is 440 g/mol. The molecule has 0 radical (unpaired) electrons. The third kappa shape index (κ3) is 7.15. The average Bonchev–Trinajstić information content (AvgIpc) is 2.78. The van der Waals surface area contributed by atoms with Gasteiger partial charge in [-0.15, -0.1) is 0 Å². The second kappa shape index (κ2) is 10.6. The minimum Gasteiger partial charge on any atom is -0.484 e. The van der Waals surface area contributed by atoms with Crippen molar-refractivity contribution in [1.29, 1.82) is 0 Å². The second-order valence-corrected chi connectivity index (χ2v) is 9.12. The molecular weight excluding hydrogens is 414 g/mol. The molecule has 0 heterocycles. The second-order valence-electron chi connectivity index (χ2n) is 7.01. The molecule has 7 heteroatoms. The molecule has 0 fully saturated rings. The Hall–Kier alpha value is -3.32. The van der Waals surface area contributed by atoms with Gasteiger partial charge >= 0.3 is 0 Å². The quantitative estimate of drug-likeness (QED) is 0.480. The highest BCUT2D eigenvalue weighted by molar-refractivity contribution is 7.91. The number of carbonyl (C=O) groups excluding carboxylic acids is 1. The first-order valence-corrected chi connectivity index (χ1v) is 11.6. The first-order chi connectivity index (χ1) is 14.9. The van der Waals surface area contributed by atoms with E-state index in [0.29, 0.717) is 22.8 Å². The summed E-state index contributed by atoms with van der Waals surface area (Å²) in [6.45, 7) is 2.12. The number of nitrogens with one attached hydrogen (secondary N) is 1. The minimum absolute atomic E-state index is 0.0272. The third-order valence-corrected chi connectivity index (χ3v) is 6.28. The molecule has 0 saturated heterocycles. The highest BCUT2D eigenvalue weighted by Gasteiger charge is 2.13. The molecule has 0 aromatic heterocycles. The predicted octanol–water partition coefficient (Wildman–Crippen LogP) is 4.15.